The zero-order chi connectivity index (χ0) is 19.3. The van der Waals surface area contributed by atoms with Gasteiger partial charge in [0.05, 0.1) is 6.61 Å². The molecule has 8 nitrogen and oxygen atoms in total. The topological polar surface area (TPSA) is 103 Å². The summed E-state index contributed by atoms with van der Waals surface area (Å²) in [6, 6.07) is 9.31. The number of hydrogen-bond acceptors (Lipinski definition) is 8. The highest BCUT2D eigenvalue weighted by Crippen LogP contribution is 2.25. The average molecular weight is 380 g/mol. The largest absolute Gasteiger partial charge is 0.422 e. The lowest BCUT2D eigenvalue weighted by Gasteiger charge is -2.08. The van der Waals surface area contributed by atoms with Crippen LogP contribution in [0.5, 0.6) is 0 Å². The number of pyridine rings is 1. The highest BCUT2D eigenvalue weighted by molar-refractivity contribution is 6.07. The third-order valence-electron chi connectivity index (χ3n) is 4.43. The number of anilines is 1. The van der Waals surface area contributed by atoms with Crippen molar-refractivity contribution in [1.82, 2.24) is 15.1 Å². The summed E-state index contributed by atoms with van der Waals surface area (Å²) in [4.78, 5) is 21.1. The number of aryl methyl sites for hydroxylation is 1. The zero-order valence-electron chi connectivity index (χ0n) is 15.5. The molecule has 0 aliphatic heterocycles. The van der Waals surface area contributed by atoms with Gasteiger partial charge < -0.3 is 19.0 Å². The molecule has 3 aromatic heterocycles. The van der Waals surface area contributed by atoms with Crippen molar-refractivity contribution in [2.75, 3.05) is 25.6 Å². The van der Waals surface area contributed by atoms with E-state index in [2.05, 4.69) is 20.4 Å². The Labute approximate surface area is 160 Å². The van der Waals surface area contributed by atoms with Crippen LogP contribution in [0.1, 0.15) is 18.1 Å². The second kappa shape index (κ2) is 8.18. The van der Waals surface area contributed by atoms with Gasteiger partial charge in [-0.2, -0.15) is 4.98 Å². The summed E-state index contributed by atoms with van der Waals surface area (Å²) in [5.74, 6) is 1.75. The van der Waals surface area contributed by atoms with E-state index in [4.69, 9.17) is 13.7 Å². The Balaban J connectivity index is 1.46. The standard InChI is InChI=1S/C20H20N4O4/c1-26-12-9-16-23-17(28-24-16)7-4-10-21-19-18-14(8-11-22-19)13-5-2-3-6-15(13)27-20(18)25/h2-3,5-6,8,11H,4,7,9-10,12H2,1H3,(H,21,22). The molecule has 28 heavy (non-hydrogen) atoms. The summed E-state index contributed by atoms with van der Waals surface area (Å²) in [5, 5.41) is 9.31. The Kier molecular flexibility index (Phi) is 5.29. The van der Waals surface area contributed by atoms with Crippen LogP contribution in [0.3, 0.4) is 0 Å². The molecule has 4 aromatic rings. The van der Waals surface area contributed by atoms with Gasteiger partial charge in [-0.05, 0) is 18.6 Å². The Bertz CT molecular complexity index is 1150. The number of methoxy groups -OCH3 is 1. The summed E-state index contributed by atoms with van der Waals surface area (Å²) >= 11 is 0. The number of para-hydroxylation sites is 1. The number of ether oxygens (including phenoxy) is 1. The molecule has 0 amide bonds. The van der Waals surface area contributed by atoms with Crippen molar-refractivity contribution >= 4 is 27.6 Å². The van der Waals surface area contributed by atoms with Crippen LogP contribution < -0.4 is 10.9 Å². The lowest BCUT2D eigenvalue weighted by atomic mass is 10.1. The van der Waals surface area contributed by atoms with Crippen LogP contribution in [-0.2, 0) is 17.6 Å². The Morgan fingerprint density at radius 2 is 2.04 bits per heavy atom. The first-order valence-corrected chi connectivity index (χ1v) is 9.11. The van der Waals surface area contributed by atoms with E-state index in [-0.39, 0.29) is 0 Å². The minimum Gasteiger partial charge on any atom is -0.422 e. The van der Waals surface area contributed by atoms with Crippen molar-refractivity contribution in [3.63, 3.8) is 0 Å². The smallest absolute Gasteiger partial charge is 0.347 e. The van der Waals surface area contributed by atoms with Crippen LogP contribution in [0.2, 0.25) is 0 Å². The number of hydrogen-bond donors (Lipinski definition) is 1. The molecule has 4 rings (SSSR count). The molecular formula is C20H20N4O4. The molecule has 0 unspecified atom stereocenters. The van der Waals surface area contributed by atoms with E-state index in [1.165, 1.54) is 0 Å². The molecule has 0 atom stereocenters. The summed E-state index contributed by atoms with van der Waals surface area (Å²) in [6.07, 6.45) is 3.71. The van der Waals surface area contributed by atoms with Crippen molar-refractivity contribution in [1.29, 1.82) is 0 Å². The summed E-state index contributed by atoms with van der Waals surface area (Å²) in [5.41, 5.74) is 0.168. The Morgan fingerprint density at radius 1 is 1.14 bits per heavy atom. The van der Waals surface area contributed by atoms with E-state index < -0.39 is 5.63 Å². The summed E-state index contributed by atoms with van der Waals surface area (Å²) in [6.45, 7) is 1.17. The molecule has 1 N–H and O–H groups in total. The average Bonchev–Trinajstić information content (AvgIpc) is 3.17. The Hall–Kier alpha value is -3.26. The highest BCUT2D eigenvalue weighted by Gasteiger charge is 2.12. The third kappa shape index (κ3) is 3.72. The maximum atomic E-state index is 12.5. The molecule has 0 bridgehead atoms. The molecule has 0 fully saturated rings. The van der Waals surface area contributed by atoms with Crippen molar-refractivity contribution in [3.05, 3.63) is 58.7 Å². The first-order chi connectivity index (χ1) is 13.8. The van der Waals surface area contributed by atoms with E-state index >= 15 is 0 Å². The third-order valence-corrected chi connectivity index (χ3v) is 4.43. The first kappa shape index (κ1) is 18.1. The van der Waals surface area contributed by atoms with Gasteiger partial charge in [-0.1, -0.05) is 23.4 Å². The number of nitrogens with zero attached hydrogens (tertiary/aromatic N) is 3. The van der Waals surface area contributed by atoms with Gasteiger partial charge in [0.1, 0.15) is 16.8 Å². The van der Waals surface area contributed by atoms with E-state index in [0.29, 0.717) is 54.5 Å². The van der Waals surface area contributed by atoms with Gasteiger partial charge in [0.15, 0.2) is 5.82 Å². The van der Waals surface area contributed by atoms with Gasteiger partial charge in [0, 0.05) is 43.5 Å². The highest BCUT2D eigenvalue weighted by atomic mass is 16.5. The molecule has 0 saturated carbocycles. The summed E-state index contributed by atoms with van der Waals surface area (Å²) < 4.78 is 15.7. The Morgan fingerprint density at radius 3 is 2.93 bits per heavy atom. The number of nitrogens with one attached hydrogen (secondary N) is 1. The van der Waals surface area contributed by atoms with Gasteiger partial charge >= 0.3 is 5.63 Å². The van der Waals surface area contributed by atoms with Crippen LogP contribution in [0, 0.1) is 0 Å². The molecule has 1 aromatic carbocycles. The number of aromatic nitrogens is 3. The number of rotatable bonds is 8. The van der Waals surface area contributed by atoms with Crippen LogP contribution in [0.25, 0.3) is 21.7 Å². The molecule has 0 spiro atoms. The van der Waals surface area contributed by atoms with Crippen LogP contribution >= 0.6 is 0 Å². The fraction of sp³-hybridized carbons (Fsp3) is 0.300. The predicted octanol–water partition coefficient (Wildman–Crippen LogP) is 2.96. The second-order valence-corrected chi connectivity index (χ2v) is 6.35. The maximum Gasteiger partial charge on any atom is 0.347 e. The minimum absolute atomic E-state index is 0.399. The molecule has 8 heteroatoms. The van der Waals surface area contributed by atoms with Gasteiger partial charge in [0.25, 0.3) is 0 Å². The van der Waals surface area contributed by atoms with Crippen molar-refractivity contribution < 1.29 is 13.7 Å². The van der Waals surface area contributed by atoms with E-state index in [9.17, 15) is 4.79 Å². The molecule has 0 saturated heterocycles. The monoisotopic (exact) mass is 380 g/mol. The quantitative estimate of drug-likeness (QED) is 0.283. The molecule has 0 aliphatic rings. The number of benzene rings is 1. The van der Waals surface area contributed by atoms with Crippen LogP contribution in [0.4, 0.5) is 5.82 Å². The van der Waals surface area contributed by atoms with E-state index in [0.717, 1.165) is 17.2 Å². The van der Waals surface area contributed by atoms with Crippen molar-refractivity contribution in [2.24, 2.45) is 0 Å². The maximum absolute atomic E-state index is 12.5. The lowest BCUT2D eigenvalue weighted by molar-refractivity contribution is 0.199. The molecule has 0 radical (unpaired) electrons. The number of fused-ring (bicyclic) bond motifs is 3. The van der Waals surface area contributed by atoms with E-state index in [1.54, 1.807) is 19.4 Å². The van der Waals surface area contributed by atoms with Gasteiger partial charge in [-0.25, -0.2) is 9.78 Å². The first-order valence-electron chi connectivity index (χ1n) is 9.11. The van der Waals surface area contributed by atoms with Gasteiger partial charge in [-0.3, -0.25) is 0 Å². The SMILES string of the molecule is COCCc1noc(CCCNc2nccc3c2c(=O)oc2ccccc23)n1. The fourth-order valence-corrected chi connectivity index (χ4v) is 3.09. The molecule has 3 heterocycles. The second-order valence-electron chi connectivity index (χ2n) is 6.35. The normalized spacial score (nSPS) is 11.3. The summed E-state index contributed by atoms with van der Waals surface area (Å²) in [7, 11) is 1.64. The molecular weight excluding hydrogens is 360 g/mol. The minimum atomic E-state index is -0.399. The zero-order valence-corrected chi connectivity index (χ0v) is 15.5. The molecule has 0 aliphatic carbocycles. The van der Waals surface area contributed by atoms with Crippen molar-refractivity contribution in [3.8, 4) is 0 Å². The van der Waals surface area contributed by atoms with Gasteiger partial charge in [-0.15, -0.1) is 0 Å². The van der Waals surface area contributed by atoms with Crippen molar-refractivity contribution in [2.45, 2.75) is 19.3 Å². The lowest BCUT2D eigenvalue weighted by Crippen LogP contribution is -2.10. The van der Waals surface area contributed by atoms with Gasteiger partial charge in [0.2, 0.25) is 5.89 Å². The van der Waals surface area contributed by atoms with Crippen LogP contribution in [-0.4, -0.2) is 35.4 Å². The van der Waals surface area contributed by atoms with Crippen LogP contribution in [0.15, 0.2) is 50.3 Å². The van der Waals surface area contributed by atoms with E-state index in [1.807, 2.05) is 24.3 Å². The molecule has 144 valence electrons. The predicted molar refractivity (Wildman–Crippen MR) is 104 cm³/mol. The fourth-order valence-electron chi connectivity index (χ4n) is 3.09.